The topological polar surface area (TPSA) is 75.6 Å². The van der Waals surface area contributed by atoms with Gasteiger partial charge in [0, 0.05) is 6.42 Å². The highest BCUT2D eigenvalue weighted by Crippen LogP contribution is 2.26. The Bertz CT molecular complexity index is 1000. The molecular formula is C22H23NO4. The Hall–Kier alpha value is -3.08. The van der Waals surface area contributed by atoms with Gasteiger partial charge in [0.1, 0.15) is 11.6 Å². The summed E-state index contributed by atoms with van der Waals surface area (Å²) < 4.78 is 5.17. The van der Waals surface area contributed by atoms with Crippen LogP contribution in [0.5, 0.6) is 0 Å². The average Bonchev–Trinajstić information content (AvgIpc) is 2.59. The molecule has 0 radical (unpaired) electrons. The largest absolute Gasteiger partial charge is 0.480 e. The van der Waals surface area contributed by atoms with Crippen LogP contribution in [-0.2, 0) is 16.0 Å². The summed E-state index contributed by atoms with van der Waals surface area (Å²) in [6.45, 7) is 5.20. The fraction of sp³-hybridized carbons (Fsp3) is 0.273. The van der Waals surface area contributed by atoms with E-state index in [4.69, 9.17) is 4.74 Å². The molecule has 2 N–H and O–H groups in total. The predicted molar refractivity (Wildman–Crippen MR) is 106 cm³/mol. The Morgan fingerprint density at radius 2 is 1.63 bits per heavy atom. The molecule has 1 unspecified atom stereocenters. The monoisotopic (exact) mass is 365 g/mol. The van der Waals surface area contributed by atoms with Crippen LogP contribution >= 0.6 is 0 Å². The summed E-state index contributed by atoms with van der Waals surface area (Å²) >= 11 is 0. The van der Waals surface area contributed by atoms with E-state index in [0.717, 1.165) is 27.1 Å². The Balaban J connectivity index is 1.88. The first-order chi connectivity index (χ1) is 12.7. The summed E-state index contributed by atoms with van der Waals surface area (Å²) in [5.74, 6) is -1.10. The van der Waals surface area contributed by atoms with E-state index in [1.54, 1.807) is 20.8 Å². The van der Waals surface area contributed by atoms with Crippen LogP contribution < -0.4 is 5.32 Å². The zero-order chi connectivity index (χ0) is 19.6. The van der Waals surface area contributed by atoms with E-state index in [1.807, 2.05) is 36.4 Å². The smallest absolute Gasteiger partial charge is 0.408 e. The Kier molecular flexibility index (Phi) is 5.04. The van der Waals surface area contributed by atoms with Crippen molar-refractivity contribution in [3.8, 4) is 0 Å². The summed E-state index contributed by atoms with van der Waals surface area (Å²) in [4.78, 5) is 23.6. The molecule has 1 atom stereocenters. The van der Waals surface area contributed by atoms with Gasteiger partial charge in [0.15, 0.2) is 0 Å². The second kappa shape index (κ2) is 7.27. The van der Waals surface area contributed by atoms with Gasteiger partial charge in [-0.05, 0) is 47.9 Å². The number of aliphatic carboxylic acids is 1. The molecule has 0 bridgehead atoms. The van der Waals surface area contributed by atoms with E-state index in [1.165, 1.54) is 0 Å². The summed E-state index contributed by atoms with van der Waals surface area (Å²) in [6, 6.07) is 17.0. The third kappa shape index (κ3) is 4.56. The highest BCUT2D eigenvalue weighted by Gasteiger charge is 2.24. The molecule has 0 saturated carbocycles. The SMILES string of the molecule is CC(C)(C)OC(=O)NC(Cc1ccc2ccc3ccccc3c2c1)C(=O)O. The maximum Gasteiger partial charge on any atom is 0.408 e. The van der Waals surface area contributed by atoms with E-state index in [9.17, 15) is 14.7 Å². The van der Waals surface area contributed by atoms with Crippen molar-refractivity contribution >= 4 is 33.6 Å². The van der Waals surface area contributed by atoms with Crippen LogP contribution in [0.1, 0.15) is 26.3 Å². The zero-order valence-electron chi connectivity index (χ0n) is 15.7. The first-order valence-electron chi connectivity index (χ1n) is 8.86. The molecule has 0 fully saturated rings. The summed E-state index contributed by atoms with van der Waals surface area (Å²) in [6.07, 6.45) is -0.561. The highest BCUT2D eigenvalue weighted by molar-refractivity contribution is 6.07. The van der Waals surface area contributed by atoms with Gasteiger partial charge in [-0.25, -0.2) is 9.59 Å². The number of alkyl carbamates (subject to hydrolysis) is 1. The van der Waals surface area contributed by atoms with E-state index in [0.29, 0.717) is 0 Å². The molecule has 0 saturated heterocycles. The van der Waals surface area contributed by atoms with Gasteiger partial charge in [-0.1, -0.05) is 54.6 Å². The number of hydrogen-bond donors (Lipinski definition) is 2. The number of carbonyl (C=O) groups is 2. The normalized spacial score (nSPS) is 12.7. The summed E-state index contributed by atoms with van der Waals surface area (Å²) in [5.41, 5.74) is 0.150. The van der Waals surface area contributed by atoms with E-state index in [2.05, 4.69) is 23.5 Å². The fourth-order valence-corrected chi connectivity index (χ4v) is 3.06. The van der Waals surface area contributed by atoms with Crippen molar-refractivity contribution in [2.24, 2.45) is 0 Å². The molecule has 0 spiro atoms. The molecular weight excluding hydrogens is 342 g/mol. The minimum Gasteiger partial charge on any atom is -0.480 e. The number of amides is 1. The van der Waals surface area contributed by atoms with Gasteiger partial charge in [0.25, 0.3) is 0 Å². The summed E-state index contributed by atoms with van der Waals surface area (Å²) in [5, 5.41) is 16.3. The highest BCUT2D eigenvalue weighted by atomic mass is 16.6. The second-order valence-corrected chi connectivity index (χ2v) is 7.58. The van der Waals surface area contributed by atoms with Crippen molar-refractivity contribution in [2.75, 3.05) is 0 Å². The Morgan fingerprint density at radius 1 is 1.00 bits per heavy atom. The van der Waals surface area contributed by atoms with E-state index < -0.39 is 23.7 Å². The van der Waals surface area contributed by atoms with Gasteiger partial charge >= 0.3 is 12.1 Å². The molecule has 0 aliphatic rings. The lowest BCUT2D eigenvalue weighted by molar-refractivity contribution is -0.139. The number of ether oxygens (including phenoxy) is 1. The van der Waals surface area contributed by atoms with Crippen molar-refractivity contribution in [3.63, 3.8) is 0 Å². The molecule has 1 amide bonds. The lowest BCUT2D eigenvalue weighted by atomic mass is 9.97. The van der Waals surface area contributed by atoms with Crippen LogP contribution in [0.15, 0.2) is 54.6 Å². The first-order valence-corrected chi connectivity index (χ1v) is 8.86. The average molecular weight is 365 g/mol. The number of benzene rings is 3. The van der Waals surface area contributed by atoms with Crippen LogP contribution in [0.4, 0.5) is 4.79 Å². The molecule has 0 aliphatic heterocycles. The van der Waals surface area contributed by atoms with Crippen LogP contribution in [-0.4, -0.2) is 28.8 Å². The number of carbonyl (C=O) groups excluding carboxylic acids is 1. The second-order valence-electron chi connectivity index (χ2n) is 7.58. The van der Waals surface area contributed by atoms with Crippen LogP contribution in [0.25, 0.3) is 21.5 Å². The van der Waals surface area contributed by atoms with Crippen molar-refractivity contribution in [1.82, 2.24) is 5.32 Å². The van der Waals surface area contributed by atoms with Gasteiger partial charge in [0.05, 0.1) is 0 Å². The third-order valence-electron chi connectivity index (χ3n) is 4.24. The molecule has 3 aromatic rings. The molecule has 5 heteroatoms. The predicted octanol–water partition coefficient (Wildman–Crippen LogP) is 4.51. The minimum absolute atomic E-state index is 0.174. The van der Waals surface area contributed by atoms with Crippen LogP contribution in [0.2, 0.25) is 0 Å². The van der Waals surface area contributed by atoms with Crippen molar-refractivity contribution in [3.05, 3.63) is 60.2 Å². The van der Waals surface area contributed by atoms with Gasteiger partial charge < -0.3 is 15.2 Å². The molecule has 3 rings (SSSR count). The van der Waals surface area contributed by atoms with Gasteiger partial charge in [-0.3, -0.25) is 0 Å². The summed E-state index contributed by atoms with van der Waals surface area (Å²) in [7, 11) is 0. The molecule has 3 aromatic carbocycles. The van der Waals surface area contributed by atoms with Crippen molar-refractivity contribution in [2.45, 2.75) is 38.8 Å². The maximum absolute atomic E-state index is 12.0. The van der Waals surface area contributed by atoms with E-state index >= 15 is 0 Å². The quantitative estimate of drug-likeness (QED) is 0.667. The molecule has 5 nitrogen and oxygen atoms in total. The molecule has 0 aliphatic carbocycles. The number of carboxylic acids is 1. The number of nitrogens with one attached hydrogen (secondary N) is 1. The maximum atomic E-state index is 12.0. The first kappa shape index (κ1) is 18.7. The molecule has 0 heterocycles. The molecule has 0 aromatic heterocycles. The van der Waals surface area contributed by atoms with Crippen molar-refractivity contribution < 1.29 is 19.4 Å². The number of carboxylic acid groups (broad SMARTS) is 1. The van der Waals surface area contributed by atoms with Crippen LogP contribution in [0.3, 0.4) is 0 Å². The van der Waals surface area contributed by atoms with Crippen LogP contribution in [0, 0.1) is 0 Å². The molecule has 140 valence electrons. The standard InChI is InChI=1S/C22H23NO4/c1-22(2,3)27-21(26)23-19(20(24)25)13-14-8-9-16-11-10-15-6-4-5-7-17(15)18(16)12-14/h4-12,19H,13H2,1-3H3,(H,23,26)(H,24,25). The zero-order valence-corrected chi connectivity index (χ0v) is 15.7. The molecule has 27 heavy (non-hydrogen) atoms. The lowest BCUT2D eigenvalue weighted by Crippen LogP contribution is -2.44. The number of rotatable bonds is 4. The lowest BCUT2D eigenvalue weighted by Gasteiger charge is -2.22. The Morgan fingerprint density at radius 3 is 2.30 bits per heavy atom. The Labute approximate surface area is 157 Å². The minimum atomic E-state index is -1.10. The third-order valence-corrected chi connectivity index (χ3v) is 4.24. The van der Waals surface area contributed by atoms with Gasteiger partial charge in [-0.15, -0.1) is 0 Å². The number of hydrogen-bond acceptors (Lipinski definition) is 3. The van der Waals surface area contributed by atoms with Crippen molar-refractivity contribution in [1.29, 1.82) is 0 Å². The van der Waals surface area contributed by atoms with Gasteiger partial charge in [0.2, 0.25) is 0 Å². The fourth-order valence-electron chi connectivity index (χ4n) is 3.06. The number of fused-ring (bicyclic) bond motifs is 3. The van der Waals surface area contributed by atoms with Gasteiger partial charge in [-0.2, -0.15) is 0 Å². The van der Waals surface area contributed by atoms with E-state index in [-0.39, 0.29) is 6.42 Å².